The Morgan fingerprint density at radius 3 is 2.49 bits per heavy atom. The summed E-state index contributed by atoms with van der Waals surface area (Å²) in [5, 5.41) is 5.15. The quantitative estimate of drug-likeness (QED) is 0.320. The first kappa shape index (κ1) is 22.4. The molecule has 1 N–H and O–H groups in total. The van der Waals surface area contributed by atoms with Crippen LogP contribution in [0.25, 0.3) is 16.6 Å². The molecule has 2 fully saturated rings. The summed E-state index contributed by atoms with van der Waals surface area (Å²) in [7, 11) is 0. The summed E-state index contributed by atoms with van der Waals surface area (Å²) in [6.07, 6.45) is 6.57. The largest absolute Gasteiger partial charge is 0.326 e. The van der Waals surface area contributed by atoms with E-state index in [9.17, 15) is 4.79 Å². The van der Waals surface area contributed by atoms with Gasteiger partial charge in [-0.15, -0.1) is 0 Å². The molecule has 1 aliphatic carbocycles. The molecule has 4 aromatic rings. The molecule has 2 aliphatic rings. The van der Waals surface area contributed by atoms with Crippen LogP contribution in [0, 0.1) is 5.92 Å². The first-order chi connectivity index (χ1) is 17.2. The molecule has 0 spiro atoms. The minimum atomic E-state index is 0.174. The van der Waals surface area contributed by atoms with Crippen LogP contribution in [0.3, 0.4) is 0 Å². The van der Waals surface area contributed by atoms with Gasteiger partial charge in [-0.25, -0.2) is 0 Å². The number of fused-ring (bicyclic) bond motifs is 1. The molecule has 1 amide bonds. The van der Waals surface area contributed by atoms with Crippen molar-refractivity contribution in [2.24, 2.45) is 5.92 Å². The maximum Gasteiger partial charge on any atom is 0.227 e. The van der Waals surface area contributed by atoms with Crippen molar-refractivity contribution in [1.82, 2.24) is 9.47 Å². The third kappa shape index (κ3) is 4.73. The number of likely N-dealkylation sites (tertiary alicyclic amines) is 1. The van der Waals surface area contributed by atoms with Crippen molar-refractivity contribution in [3.8, 4) is 5.69 Å². The van der Waals surface area contributed by atoms with Crippen molar-refractivity contribution in [3.05, 3.63) is 95.1 Å². The zero-order chi connectivity index (χ0) is 23.8. The van der Waals surface area contributed by atoms with E-state index in [1.807, 2.05) is 24.3 Å². The number of rotatable bonds is 6. The molecule has 5 heteroatoms. The van der Waals surface area contributed by atoms with Crippen LogP contribution in [0.5, 0.6) is 0 Å². The fraction of sp³-hybridized carbons (Fsp3) is 0.300. The predicted octanol–water partition coefficient (Wildman–Crippen LogP) is 7.01. The topological polar surface area (TPSA) is 37.3 Å². The molecular weight excluding hydrogens is 454 g/mol. The fourth-order valence-corrected chi connectivity index (χ4v) is 5.57. The van der Waals surface area contributed by atoms with E-state index < -0.39 is 0 Å². The molecule has 0 bridgehead atoms. The Bertz CT molecular complexity index is 1370. The van der Waals surface area contributed by atoms with E-state index in [1.54, 1.807) is 0 Å². The maximum absolute atomic E-state index is 12.2. The van der Waals surface area contributed by atoms with Gasteiger partial charge in [0.05, 0.1) is 16.2 Å². The van der Waals surface area contributed by atoms with Crippen LogP contribution in [-0.2, 0) is 11.3 Å². The standard InChI is InChI=1S/C30H30ClN3O/c31-27-9-2-4-11-29(27)34-20-24(26-8-1-3-10-28(26)34)19-33-16-14-21(15-17-33)23-6-5-7-25(18-23)32-30(35)22-12-13-22/h1-11,18,20-22H,12-17,19H2,(H,32,35). The molecule has 3 aromatic carbocycles. The highest BCUT2D eigenvalue weighted by atomic mass is 35.5. The zero-order valence-electron chi connectivity index (χ0n) is 19.8. The molecule has 178 valence electrons. The molecule has 35 heavy (non-hydrogen) atoms. The molecule has 0 unspecified atom stereocenters. The third-order valence-corrected chi connectivity index (χ3v) is 7.78. The van der Waals surface area contributed by atoms with E-state index >= 15 is 0 Å². The van der Waals surface area contributed by atoms with Crippen LogP contribution in [-0.4, -0.2) is 28.5 Å². The monoisotopic (exact) mass is 483 g/mol. The Morgan fingerprint density at radius 2 is 1.69 bits per heavy atom. The lowest BCUT2D eigenvalue weighted by Gasteiger charge is -2.32. The van der Waals surface area contributed by atoms with Gasteiger partial charge in [-0.05, 0) is 86.1 Å². The minimum Gasteiger partial charge on any atom is -0.326 e. The molecule has 1 saturated heterocycles. The lowest BCUT2D eigenvalue weighted by molar-refractivity contribution is -0.117. The fourth-order valence-electron chi connectivity index (χ4n) is 5.35. The second-order valence-electron chi connectivity index (χ2n) is 9.93. The molecule has 1 saturated carbocycles. The summed E-state index contributed by atoms with van der Waals surface area (Å²) in [5.41, 5.74) is 5.83. The van der Waals surface area contributed by atoms with Gasteiger partial charge in [0, 0.05) is 29.7 Å². The number of para-hydroxylation sites is 2. The normalized spacial score (nSPS) is 17.1. The number of nitrogens with one attached hydrogen (secondary N) is 1. The van der Waals surface area contributed by atoms with Gasteiger partial charge in [0.2, 0.25) is 5.91 Å². The highest BCUT2D eigenvalue weighted by molar-refractivity contribution is 6.32. The molecule has 6 rings (SSSR count). The van der Waals surface area contributed by atoms with Crippen LogP contribution in [0.1, 0.15) is 42.7 Å². The number of hydrogen-bond donors (Lipinski definition) is 1. The molecule has 1 aliphatic heterocycles. The van der Waals surface area contributed by atoms with Gasteiger partial charge in [-0.2, -0.15) is 0 Å². The molecule has 4 nitrogen and oxygen atoms in total. The van der Waals surface area contributed by atoms with Crippen molar-refractivity contribution in [2.75, 3.05) is 18.4 Å². The Balaban J connectivity index is 1.15. The van der Waals surface area contributed by atoms with Crippen molar-refractivity contribution < 1.29 is 4.79 Å². The van der Waals surface area contributed by atoms with Gasteiger partial charge in [0.25, 0.3) is 0 Å². The van der Waals surface area contributed by atoms with Crippen LogP contribution in [0.2, 0.25) is 5.02 Å². The Morgan fingerprint density at radius 1 is 0.914 bits per heavy atom. The van der Waals surface area contributed by atoms with E-state index in [0.717, 1.165) is 61.7 Å². The van der Waals surface area contributed by atoms with Gasteiger partial charge in [-0.1, -0.05) is 54.1 Å². The van der Waals surface area contributed by atoms with Crippen LogP contribution in [0.15, 0.2) is 79.0 Å². The van der Waals surface area contributed by atoms with Crippen LogP contribution in [0.4, 0.5) is 5.69 Å². The summed E-state index contributed by atoms with van der Waals surface area (Å²) in [6.45, 7) is 3.06. The Kier molecular flexibility index (Phi) is 6.09. The lowest BCUT2D eigenvalue weighted by atomic mass is 9.89. The second kappa shape index (κ2) is 9.52. The van der Waals surface area contributed by atoms with Crippen molar-refractivity contribution >= 4 is 34.1 Å². The summed E-state index contributed by atoms with van der Waals surface area (Å²) in [4.78, 5) is 14.7. The van der Waals surface area contributed by atoms with Gasteiger partial charge < -0.3 is 9.88 Å². The van der Waals surface area contributed by atoms with E-state index in [-0.39, 0.29) is 11.8 Å². The summed E-state index contributed by atoms with van der Waals surface area (Å²) in [6, 6.07) is 25.1. The number of piperidine rings is 1. The predicted molar refractivity (Wildman–Crippen MR) is 143 cm³/mol. The van der Waals surface area contributed by atoms with Gasteiger partial charge in [0.15, 0.2) is 0 Å². The molecule has 0 atom stereocenters. The van der Waals surface area contributed by atoms with Crippen molar-refractivity contribution in [3.63, 3.8) is 0 Å². The Hall–Kier alpha value is -3.08. The minimum absolute atomic E-state index is 0.174. The summed E-state index contributed by atoms with van der Waals surface area (Å²) < 4.78 is 2.22. The third-order valence-electron chi connectivity index (χ3n) is 7.46. The van der Waals surface area contributed by atoms with Gasteiger partial charge in [0.1, 0.15) is 0 Å². The second-order valence-corrected chi connectivity index (χ2v) is 10.3. The SMILES string of the molecule is O=C(Nc1cccc(C2CCN(Cc3cn(-c4ccccc4Cl)c4ccccc34)CC2)c1)C1CC1. The van der Waals surface area contributed by atoms with E-state index in [1.165, 1.54) is 22.0 Å². The highest BCUT2D eigenvalue weighted by Gasteiger charge is 2.29. The number of aromatic nitrogens is 1. The van der Waals surface area contributed by atoms with Crippen molar-refractivity contribution in [1.29, 1.82) is 0 Å². The Labute approximate surface area is 211 Å². The smallest absolute Gasteiger partial charge is 0.227 e. The van der Waals surface area contributed by atoms with Crippen LogP contribution < -0.4 is 5.32 Å². The van der Waals surface area contributed by atoms with Crippen molar-refractivity contribution in [2.45, 2.75) is 38.1 Å². The van der Waals surface area contributed by atoms with E-state index in [4.69, 9.17) is 11.6 Å². The number of benzene rings is 3. The molecule has 1 aromatic heterocycles. The lowest BCUT2D eigenvalue weighted by Crippen LogP contribution is -2.32. The number of halogens is 1. The molecule has 0 radical (unpaired) electrons. The average Bonchev–Trinajstić information content (AvgIpc) is 3.68. The number of amides is 1. The highest BCUT2D eigenvalue weighted by Crippen LogP contribution is 2.34. The maximum atomic E-state index is 12.2. The molecular formula is C30H30ClN3O. The first-order valence-electron chi connectivity index (χ1n) is 12.6. The molecule has 2 heterocycles. The first-order valence-corrected chi connectivity index (χ1v) is 13.0. The zero-order valence-corrected chi connectivity index (χ0v) is 20.5. The number of carbonyl (C=O) groups excluding carboxylic acids is 1. The summed E-state index contributed by atoms with van der Waals surface area (Å²) >= 11 is 6.54. The van der Waals surface area contributed by atoms with E-state index in [2.05, 4.69) is 69.5 Å². The summed E-state index contributed by atoms with van der Waals surface area (Å²) in [5.74, 6) is 0.937. The number of anilines is 1. The van der Waals surface area contributed by atoms with Crippen LogP contribution >= 0.6 is 11.6 Å². The number of carbonyl (C=O) groups is 1. The number of nitrogens with zero attached hydrogens (tertiary/aromatic N) is 2. The number of hydrogen-bond acceptors (Lipinski definition) is 2. The van der Waals surface area contributed by atoms with Gasteiger partial charge >= 0.3 is 0 Å². The van der Waals surface area contributed by atoms with Gasteiger partial charge in [-0.3, -0.25) is 9.69 Å². The average molecular weight is 484 g/mol. The van der Waals surface area contributed by atoms with E-state index in [0.29, 0.717) is 5.92 Å².